The van der Waals surface area contributed by atoms with Crippen LogP contribution in [-0.2, 0) is 22.9 Å². The molecule has 2 aromatic carbocycles. The fraction of sp³-hybridized carbons (Fsp3) is 0.316. The second-order valence-electron chi connectivity index (χ2n) is 5.97. The zero-order valence-corrected chi connectivity index (χ0v) is 16.1. The minimum Gasteiger partial charge on any atom is -0.357 e. The number of rotatable bonds is 8. The first kappa shape index (κ1) is 20.9. The van der Waals surface area contributed by atoms with Crippen LogP contribution in [0.4, 0.5) is 4.39 Å². The average molecular weight is 393 g/mol. The third-order valence-corrected chi connectivity index (χ3v) is 4.84. The normalized spacial score (nSPS) is 12.0. The highest BCUT2D eigenvalue weighted by atomic mass is 32.2. The van der Waals surface area contributed by atoms with E-state index in [2.05, 4.69) is 15.6 Å². The van der Waals surface area contributed by atoms with Gasteiger partial charge in [0.25, 0.3) is 0 Å². The van der Waals surface area contributed by atoms with Gasteiger partial charge in [-0.25, -0.2) is 17.9 Å². The minimum atomic E-state index is -3.67. The van der Waals surface area contributed by atoms with E-state index in [1.54, 1.807) is 24.3 Å². The number of primary sulfonamides is 1. The van der Waals surface area contributed by atoms with Crippen molar-refractivity contribution in [3.63, 3.8) is 0 Å². The van der Waals surface area contributed by atoms with Crippen molar-refractivity contribution in [1.82, 2.24) is 10.6 Å². The number of hydrogen-bond donors (Lipinski definition) is 3. The molecule has 146 valence electrons. The van der Waals surface area contributed by atoms with Gasteiger partial charge in [-0.1, -0.05) is 30.3 Å². The Morgan fingerprint density at radius 2 is 1.78 bits per heavy atom. The topological polar surface area (TPSA) is 96.6 Å². The van der Waals surface area contributed by atoms with Gasteiger partial charge in [-0.2, -0.15) is 0 Å². The zero-order valence-electron chi connectivity index (χ0n) is 15.3. The highest BCUT2D eigenvalue weighted by Gasteiger charge is 2.06. The fourth-order valence-electron chi connectivity index (χ4n) is 2.50. The zero-order chi connectivity index (χ0) is 19.7. The molecular formula is C19H25FN4O2S. The average Bonchev–Trinajstić information content (AvgIpc) is 2.63. The van der Waals surface area contributed by atoms with E-state index in [9.17, 15) is 12.8 Å². The fourth-order valence-corrected chi connectivity index (χ4v) is 3.02. The molecule has 27 heavy (non-hydrogen) atoms. The van der Waals surface area contributed by atoms with Gasteiger partial charge in [-0.3, -0.25) is 4.99 Å². The summed E-state index contributed by atoms with van der Waals surface area (Å²) in [5, 5.41) is 11.5. The molecular weight excluding hydrogens is 367 g/mol. The second kappa shape index (κ2) is 10.0. The Balaban J connectivity index is 1.85. The number of nitrogens with one attached hydrogen (secondary N) is 2. The summed E-state index contributed by atoms with van der Waals surface area (Å²) in [5.74, 6) is 0.448. The molecule has 0 heterocycles. The van der Waals surface area contributed by atoms with Crippen molar-refractivity contribution in [2.24, 2.45) is 10.1 Å². The summed E-state index contributed by atoms with van der Waals surface area (Å²) < 4.78 is 36.2. The first-order valence-electron chi connectivity index (χ1n) is 8.77. The summed E-state index contributed by atoms with van der Waals surface area (Å²) in [6.07, 6.45) is 1.22. The molecule has 0 unspecified atom stereocenters. The molecule has 8 heteroatoms. The highest BCUT2D eigenvalue weighted by molar-refractivity contribution is 7.89. The van der Waals surface area contributed by atoms with Gasteiger partial charge in [0.2, 0.25) is 10.0 Å². The maximum absolute atomic E-state index is 13.6. The SMILES string of the molecule is CCNC(=NCCc1ccccc1F)NCCc1ccc(S(N)(=O)=O)cc1. The van der Waals surface area contributed by atoms with Crippen LogP contribution < -0.4 is 15.8 Å². The lowest BCUT2D eigenvalue weighted by Gasteiger charge is -2.11. The molecule has 6 nitrogen and oxygen atoms in total. The number of sulfonamides is 1. The molecule has 0 saturated heterocycles. The van der Waals surface area contributed by atoms with Crippen molar-refractivity contribution in [3.8, 4) is 0 Å². The van der Waals surface area contributed by atoms with Gasteiger partial charge < -0.3 is 10.6 Å². The predicted octanol–water partition coefficient (Wildman–Crippen LogP) is 1.81. The minimum absolute atomic E-state index is 0.0993. The van der Waals surface area contributed by atoms with E-state index >= 15 is 0 Å². The molecule has 0 aliphatic rings. The van der Waals surface area contributed by atoms with Crippen molar-refractivity contribution in [2.75, 3.05) is 19.6 Å². The molecule has 0 radical (unpaired) electrons. The number of halogens is 1. The lowest BCUT2D eigenvalue weighted by atomic mass is 10.1. The molecule has 2 rings (SSSR count). The monoisotopic (exact) mass is 392 g/mol. The van der Waals surface area contributed by atoms with Crippen LogP contribution in [0.25, 0.3) is 0 Å². The molecule has 0 atom stereocenters. The van der Waals surface area contributed by atoms with Gasteiger partial charge >= 0.3 is 0 Å². The first-order chi connectivity index (χ1) is 12.9. The molecule has 0 aliphatic carbocycles. The number of guanidine groups is 1. The molecule has 0 aromatic heterocycles. The Morgan fingerprint density at radius 3 is 2.41 bits per heavy atom. The van der Waals surface area contributed by atoms with Crippen LogP contribution >= 0.6 is 0 Å². The Bertz CT molecular complexity index is 868. The third kappa shape index (κ3) is 6.99. The van der Waals surface area contributed by atoms with Crippen LogP contribution in [0.15, 0.2) is 58.4 Å². The Kier molecular flexibility index (Phi) is 7.75. The Morgan fingerprint density at radius 1 is 1.07 bits per heavy atom. The van der Waals surface area contributed by atoms with E-state index in [0.717, 1.165) is 5.56 Å². The van der Waals surface area contributed by atoms with Gasteiger partial charge in [0.05, 0.1) is 4.90 Å². The number of benzene rings is 2. The molecule has 2 aromatic rings. The standard InChI is InChI=1S/C19H25FN4O2S/c1-2-22-19(24-14-12-16-5-3-4-6-18(16)20)23-13-11-15-7-9-17(10-8-15)27(21,25)26/h3-10H,2,11-14H2,1H3,(H2,21,25,26)(H2,22,23,24). The lowest BCUT2D eigenvalue weighted by molar-refractivity contribution is 0.597. The number of hydrogen-bond acceptors (Lipinski definition) is 3. The molecule has 0 bridgehead atoms. The largest absolute Gasteiger partial charge is 0.357 e. The van der Waals surface area contributed by atoms with E-state index in [0.29, 0.717) is 44.0 Å². The van der Waals surface area contributed by atoms with Crippen LogP contribution in [0.5, 0.6) is 0 Å². The number of aliphatic imine (C=N–C) groups is 1. The van der Waals surface area contributed by atoms with Crippen molar-refractivity contribution in [3.05, 3.63) is 65.5 Å². The molecule has 0 fully saturated rings. The molecule has 4 N–H and O–H groups in total. The van der Waals surface area contributed by atoms with Gasteiger partial charge in [-0.15, -0.1) is 0 Å². The van der Waals surface area contributed by atoms with Crippen LogP contribution in [0.2, 0.25) is 0 Å². The summed E-state index contributed by atoms with van der Waals surface area (Å²) >= 11 is 0. The highest BCUT2D eigenvalue weighted by Crippen LogP contribution is 2.09. The smallest absolute Gasteiger partial charge is 0.238 e. The van der Waals surface area contributed by atoms with Gasteiger partial charge in [0, 0.05) is 19.6 Å². The summed E-state index contributed by atoms with van der Waals surface area (Å²) in [7, 11) is -3.67. The van der Waals surface area contributed by atoms with E-state index < -0.39 is 10.0 Å². The summed E-state index contributed by atoms with van der Waals surface area (Å²) in [6.45, 7) is 3.79. The number of nitrogens with two attached hydrogens (primary N) is 1. The lowest BCUT2D eigenvalue weighted by Crippen LogP contribution is -2.38. The van der Waals surface area contributed by atoms with Crippen molar-refractivity contribution in [2.45, 2.75) is 24.7 Å². The molecule has 0 spiro atoms. The van der Waals surface area contributed by atoms with E-state index in [1.807, 2.05) is 13.0 Å². The predicted molar refractivity (Wildman–Crippen MR) is 106 cm³/mol. The van der Waals surface area contributed by atoms with Crippen LogP contribution in [-0.4, -0.2) is 34.0 Å². The third-order valence-electron chi connectivity index (χ3n) is 3.91. The van der Waals surface area contributed by atoms with Crippen LogP contribution in [0.3, 0.4) is 0 Å². The van der Waals surface area contributed by atoms with Crippen molar-refractivity contribution in [1.29, 1.82) is 0 Å². The van der Waals surface area contributed by atoms with E-state index in [1.165, 1.54) is 18.2 Å². The van der Waals surface area contributed by atoms with Crippen molar-refractivity contribution >= 4 is 16.0 Å². The summed E-state index contributed by atoms with van der Waals surface area (Å²) in [4.78, 5) is 4.56. The van der Waals surface area contributed by atoms with Crippen molar-refractivity contribution < 1.29 is 12.8 Å². The summed E-state index contributed by atoms with van der Waals surface area (Å²) in [6, 6.07) is 13.2. The molecule has 0 aliphatic heterocycles. The van der Waals surface area contributed by atoms with Gasteiger partial charge in [0.1, 0.15) is 5.82 Å². The maximum atomic E-state index is 13.6. The number of nitrogens with zero attached hydrogens (tertiary/aromatic N) is 1. The Labute approximate surface area is 159 Å². The Hall–Kier alpha value is -2.45. The quantitative estimate of drug-likeness (QED) is 0.472. The first-order valence-corrected chi connectivity index (χ1v) is 10.3. The van der Waals surface area contributed by atoms with Crippen LogP contribution in [0, 0.1) is 5.82 Å². The maximum Gasteiger partial charge on any atom is 0.238 e. The summed E-state index contributed by atoms with van der Waals surface area (Å²) in [5.41, 5.74) is 1.63. The second-order valence-corrected chi connectivity index (χ2v) is 7.53. The van der Waals surface area contributed by atoms with Gasteiger partial charge in [-0.05, 0) is 49.1 Å². The van der Waals surface area contributed by atoms with E-state index in [4.69, 9.17) is 5.14 Å². The molecule has 0 amide bonds. The van der Waals surface area contributed by atoms with Crippen LogP contribution in [0.1, 0.15) is 18.1 Å². The van der Waals surface area contributed by atoms with E-state index in [-0.39, 0.29) is 10.7 Å². The molecule has 0 saturated carbocycles. The van der Waals surface area contributed by atoms with Gasteiger partial charge in [0.15, 0.2) is 5.96 Å².